The van der Waals surface area contributed by atoms with Gasteiger partial charge in [0, 0.05) is 93.6 Å². The topological polar surface area (TPSA) is 323 Å². The van der Waals surface area contributed by atoms with E-state index < -0.39 is 96.4 Å². The zero-order chi connectivity index (χ0) is 73.4. The molecule has 10 rings (SSSR count). The first kappa shape index (κ1) is 75.2. The lowest BCUT2D eigenvalue weighted by molar-refractivity contribution is -0.139. The first-order valence-corrected chi connectivity index (χ1v) is 36.0. The van der Waals surface area contributed by atoms with Crippen LogP contribution in [0.4, 0.5) is 17.2 Å². The van der Waals surface area contributed by atoms with Crippen LogP contribution in [0.1, 0.15) is 202 Å². The molecule has 6 aromatic rings. The predicted molar refractivity (Wildman–Crippen MR) is 386 cm³/mol. The molecular weight excluding hydrogens is 1300 g/mol. The summed E-state index contributed by atoms with van der Waals surface area (Å²) < 4.78 is 10.6. The van der Waals surface area contributed by atoms with Crippen molar-refractivity contribution in [2.24, 2.45) is 35.5 Å². The summed E-state index contributed by atoms with van der Waals surface area (Å²) in [6, 6.07) is 11.9. The van der Waals surface area contributed by atoms with E-state index in [0.717, 1.165) is 48.3 Å². The number of aliphatic carboxylic acids is 3. The van der Waals surface area contributed by atoms with Crippen molar-refractivity contribution in [2.75, 3.05) is 40.9 Å². The number of carboxylic acids is 3. The lowest BCUT2D eigenvalue weighted by atomic mass is 9.86. The van der Waals surface area contributed by atoms with E-state index in [-0.39, 0.29) is 78.3 Å². The Labute approximate surface area is 595 Å². The number of hydrogen-bond donors (Lipinski definition) is 6. The highest BCUT2D eigenvalue weighted by Gasteiger charge is 2.43. The number of nitrogens with one attached hydrogen (secondary N) is 3. The van der Waals surface area contributed by atoms with Crippen molar-refractivity contribution in [3.05, 3.63) is 175 Å². The molecule has 4 aliphatic rings. The van der Waals surface area contributed by atoms with Crippen molar-refractivity contribution in [3.63, 3.8) is 0 Å². The summed E-state index contributed by atoms with van der Waals surface area (Å²) in [7, 11) is 0. The number of nitrogens with zero attached hydrogens (tertiary/aromatic N) is 9. The molecule has 3 aliphatic heterocycles. The largest absolute Gasteiger partial charge is 0.481 e. The molecular formula is C77H100N12O13. The summed E-state index contributed by atoms with van der Waals surface area (Å²) in [5.74, 6) is -3.33. The van der Waals surface area contributed by atoms with E-state index in [0.29, 0.717) is 72.8 Å². The number of rotatable bonds is 31. The molecule has 25 heteroatoms. The van der Waals surface area contributed by atoms with Gasteiger partial charge in [-0.1, -0.05) is 41.5 Å². The number of aromatic nitrogens is 6. The van der Waals surface area contributed by atoms with Crippen molar-refractivity contribution in [1.82, 2.24) is 44.6 Å². The van der Waals surface area contributed by atoms with Crippen molar-refractivity contribution < 1.29 is 48.8 Å². The van der Waals surface area contributed by atoms with E-state index in [9.17, 15) is 58.5 Å². The average Bonchev–Trinajstić information content (AvgIpc) is 1.52. The van der Waals surface area contributed by atoms with Crippen molar-refractivity contribution >= 4 is 52.8 Å². The number of anilines is 3. The summed E-state index contributed by atoms with van der Waals surface area (Å²) in [6.45, 7) is 21.6. The fraction of sp³-hybridized carbons (Fsp3) is 0.532. The molecule has 4 fully saturated rings. The van der Waals surface area contributed by atoms with Crippen molar-refractivity contribution in [1.29, 1.82) is 0 Å². The van der Waals surface area contributed by atoms with Gasteiger partial charge in [-0.05, 0) is 190 Å². The van der Waals surface area contributed by atoms with E-state index in [2.05, 4.69) is 54.5 Å². The average molecular weight is 1400 g/mol. The monoisotopic (exact) mass is 1400 g/mol. The van der Waals surface area contributed by atoms with Crippen molar-refractivity contribution in [3.8, 4) is 0 Å². The molecule has 6 N–H and O–H groups in total. The first-order valence-electron chi connectivity index (χ1n) is 36.0. The third-order valence-corrected chi connectivity index (χ3v) is 20.4. The first-order chi connectivity index (χ1) is 48.5. The molecule has 1 saturated carbocycles. The maximum Gasteiger partial charge on any atom is 0.305 e. The lowest BCUT2D eigenvalue weighted by Crippen LogP contribution is -2.44. The third-order valence-electron chi connectivity index (χ3n) is 20.4. The number of morpholine rings is 1. The van der Waals surface area contributed by atoms with Gasteiger partial charge in [-0.2, -0.15) is 0 Å². The number of aryl methyl sites for hydroxylation is 1. The summed E-state index contributed by atoms with van der Waals surface area (Å²) >= 11 is 0. The van der Waals surface area contributed by atoms with Crippen LogP contribution in [-0.2, 0) is 39.9 Å². The standard InChI is InChI=1S/C77H100N12O13/c1-44(2)23-64(86-20-16-47(7)26-69(86)90)76(100)82-62(34-73(95)96)55-29-58(38-78-36-55)84-40-50(10)102-67(43-84)54-18-22-88(71(92)32-54)66(25-46(5)6)77(101)83-63(35-74(97)98)56-30-59(39-79-37-56)85-41-57(60(42-85)52-13-14-52)27-51-17-21-87(70(91)28-51)65(24-45(3)4)75(99)81-61(33-72(93)94)53-15-19-80-68(31-53)89-48(8)11-12-49(89)9/h15-22,26,28-32,36-39,44-46,48-50,52,57,60-67H,11-14,23-25,27,33-35,40-43H2,1-10H3,(H,81,99)(H,82,100)(H,83,101)(H,93,94)(H,95,96)(H,97,98)/t48-,49+,50-,57?,60+,61+,62+,63+,64+,65+,66?,67-/m1/s1. The summed E-state index contributed by atoms with van der Waals surface area (Å²) in [5.41, 5.74) is 3.83. The maximum atomic E-state index is 14.8. The Morgan fingerprint density at radius 1 is 0.539 bits per heavy atom. The van der Waals surface area contributed by atoms with Gasteiger partial charge < -0.3 is 64.4 Å². The molecule has 12 atom stereocenters. The van der Waals surface area contributed by atoms with Gasteiger partial charge in [0.2, 0.25) is 17.7 Å². The van der Waals surface area contributed by atoms with Crippen LogP contribution in [0.3, 0.4) is 0 Å². The highest BCUT2D eigenvalue weighted by Crippen LogP contribution is 2.46. The number of pyridine rings is 6. The van der Waals surface area contributed by atoms with Gasteiger partial charge >= 0.3 is 17.9 Å². The van der Waals surface area contributed by atoms with E-state index in [1.165, 1.54) is 32.0 Å². The zero-order valence-electron chi connectivity index (χ0n) is 60.2. The Balaban J connectivity index is 0.816. The fourth-order valence-electron chi connectivity index (χ4n) is 15.3. The number of hydrogen-bond acceptors (Lipinski definition) is 16. The molecule has 546 valence electrons. The molecule has 0 radical (unpaired) electrons. The quantitative estimate of drug-likeness (QED) is 0.0236. The highest BCUT2D eigenvalue weighted by atomic mass is 16.5. The highest BCUT2D eigenvalue weighted by molar-refractivity contribution is 5.83. The van der Waals surface area contributed by atoms with Crippen LogP contribution in [-0.4, -0.2) is 124 Å². The fourth-order valence-corrected chi connectivity index (χ4v) is 15.3. The number of ether oxygens (including phenoxy) is 1. The lowest BCUT2D eigenvalue weighted by Gasteiger charge is -2.38. The molecule has 102 heavy (non-hydrogen) atoms. The SMILES string of the molecule is Cc1ccn([C@@H](CC(C)C)C(=O)N[C@@H](CC(=O)O)c2cncc(N3C[C@@H](C)O[C@@H](c4ccn(C(CC(C)C)C(=O)N[C@@H](CC(=O)O)c5cncc(N6CC(Cc7ccn([C@@H](CC(C)C)C(=O)N[C@@H](CC(=O)O)c8ccnc(N9[C@H](C)CC[C@@H]9C)c8)c(=O)c7)[C@H](C7CC7)C6)c5)c(=O)c4)C3)c2)c(=O)c1. The van der Waals surface area contributed by atoms with Crippen LogP contribution in [0, 0.1) is 42.4 Å². The van der Waals surface area contributed by atoms with Crippen LogP contribution in [0.15, 0.2) is 125 Å². The Hall–Kier alpha value is -9.52. The minimum Gasteiger partial charge on any atom is -0.481 e. The molecule has 9 heterocycles. The predicted octanol–water partition coefficient (Wildman–Crippen LogP) is 9.47. The van der Waals surface area contributed by atoms with Gasteiger partial charge in [0.25, 0.3) is 16.7 Å². The Morgan fingerprint density at radius 3 is 1.48 bits per heavy atom. The minimum atomic E-state index is -1.16. The van der Waals surface area contributed by atoms with E-state index in [1.54, 1.807) is 80.6 Å². The zero-order valence-corrected chi connectivity index (χ0v) is 60.2. The number of carbonyl (C=O) groups is 6. The minimum absolute atomic E-state index is 0.0131. The summed E-state index contributed by atoms with van der Waals surface area (Å²) in [6.07, 6.45) is 16.3. The van der Waals surface area contributed by atoms with Gasteiger partial charge in [-0.25, -0.2) is 4.98 Å². The second-order valence-electron chi connectivity index (χ2n) is 30.1. The van der Waals surface area contributed by atoms with Crippen LogP contribution >= 0.6 is 0 Å². The molecule has 6 aromatic heterocycles. The molecule has 1 aliphatic carbocycles. The van der Waals surface area contributed by atoms with Crippen LogP contribution in [0.5, 0.6) is 0 Å². The third kappa shape index (κ3) is 19.0. The Kier molecular flexibility index (Phi) is 24.4. The molecule has 25 nitrogen and oxygen atoms in total. The van der Waals surface area contributed by atoms with Crippen LogP contribution in [0.2, 0.25) is 0 Å². The van der Waals surface area contributed by atoms with E-state index >= 15 is 0 Å². The van der Waals surface area contributed by atoms with Crippen LogP contribution < -0.4 is 47.3 Å². The molecule has 2 unspecified atom stereocenters. The van der Waals surface area contributed by atoms with Crippen molar-refractivity contribution in [2.45, 2.75) is 200 Å². The van der Waals surface area contributed by atoms with Gasteiger partial charge in [0.05, 0.1) is 67.3 Å². The smallest absolute Gasteiger partial charge is 0.305 e. The molecule has 0 spiro atoms. The second-order valence-corrected chi connectivity index (χ2v) is 30.1. The van der Waals surface area contributed by atoms with E-state index in [4.69, 9.17) is 4.74 Å². The number of carbonyl (C=O) groups excluding carboxylic acids is 3. The maximum absolute atomic E-state index is 14.8. The van der Waals surface area contributed by atoms with Gasteiger partial charge in [0.1, 0.15) is 30.0 Å². The Morgan fingerprint density at radius 2 is 1.01 bits per heavy atom. The molecule has 0 aromatic carbocycles. The van der Waals surface area contributed by atoms with Gasteiger partial charge in [0.15, 0.2) is 0 Å². The van der Waals surface area contributed by atoms with Gasteiger partial charge in [-0.3, -0.25) is 53.1 Å². The molecule has 3 amide bonds. The van der Waals surface area contributed by atoms with E-state index in [1.807, 2.05) is 71.6 Å². The normalized spacial score (nSPS) is 21.0. The number of amides is 3. The number of carboxylic acid groups (broad SMARTS) is 3. The summed E-state index contributed by atoms with van der Waals surface area (Å²) in [4.78, 5) is 143. The Bertz CT molecular complexity index is 4180. The van der Waals surface area contributed by atoms with Crippen LogP contribution in [0.25, 0.3) is 0 Å². The molecule has 0 bridgehead atoms. The van der Waals surface area contributed by atoms with Gasteiger partial charge in [-0.15, -0.1) is 0 Å². The summed E-state index contributed by atoms with van der Waals surface area (Å²) in [5, 5.41) is 39.4. The second kappa shape index (κ2) is 33.1. The molecule has 3 saturated heterocycles.